The van der Waals surface area contributed by atoms with Crippen molar-refractivity contribution >= 4 is 15.9 Å². The van der Waals surface area contributed by atoms with Gasteiger partial charge >= 0.3 is 0 Å². The van der Waals surface area contributed by atoms with Gasteiger partial charge in [-0.2, -0.15) is 0 Å². The average molecular weight is 452 g/mol. The summed E-state index contributed by atoms with van der Waals surface area (Å²) in [6, 6.07) is 5.64. The van der Waals surface area contributed by atoms with E-state index < -0.39 is 10.0 Å². The predicted molar refractivity (Wildman–Crippen MR) is 121 cm³/mol. The molecule has 0 aliphatic carbocycles. The van der Waals surface area contributed by atoms with Gasteiger partial charge in [-0.05, 0) is 81.8 Å². The first-order chi connectivity index (χ1) is 15.0. The number of hydrogen-bond donors (Lipinski definition) is 1. The van der Waals surface area contributed by atoms with Crippen LogP contribution < -0.4 is 4.72 Å². The third-order valence-corrected chi connectivity index (χ3v) is 7.01. The molecule has 0 radical (unpaired) electrons. The Labute approximate surface area is 188 Å². The molecule has 3 aromatic rings. The van der Waals surface area contributed by atoms with Crippen LogP contribution in [0, 0.1) is 39.5 Å². The molecule has 32 heavy (non-hydrogen) atoms. The summed E-state index contributed by atoms with van der Waals surface area (Å²) in [6.07, 6.45) is 1.60. The van der Waals surface area contributed by atoms with Crippen molar-refractivity contribution < 1.29 is 17.7 Å². The highest BCUT2D eigenvalue weighted by atomic mass is 32.2. The molecule has 0 amide bonds. The SMILES string of the molecule is Cc1cnc(C#Cc2cc3c(cc2C)COC3(C)C)c(S(=O)(=O)Nc2onc(C)c2C)c1. The summed E-state index contributed by atoms with van der Waals surface area (Å²) >= 11 is 0. The maximum atomic E-state index is 13.1. The Kier molecular flexibility index (Phi) is 5.35. The summed E-state index contributed by atoms with van der Waals surface area (Å²) in [7, 11) is -3.99. The number of nitrogens with one attached hydrogen (secondary N) is 1. The minimum absolute atomic E-state index is 0.0130. The van der Waals surface area contributed by atoms with Gasteiger partial charge in [0.2, 0.25) is 5.88 Å². The highest BCUT2D eigenvalue weighted by Crippen LogP contribution is 2.37. The standard InChI is InChI=1S/C24H25N3O4S/c1-14-9-22(32(28,29)27-23-16(3)17(4)26-31-23)21(25-12-14)8-7-18-11-20-19(10-15(18)2)13-30-24(20,5)6/h9-12,27H,13H2,1-6H3. The molecule has 7 nitrogen and oxygen atoms in total. The van der Waals surface area contributed by atoms with Crippen LogP contribution in [0.5, 0.6) is 0 Å². The molecule has 0 saturated heterocycles. The van der Waals surface area contributed by atoms with Gasteiger partial charge in [0.15, 0.2) is 0 Å². The van der Waals surface area contributed by atoms with E-state index in [0.29, 0.717) is 23.4 Å². The van der Waals surface area contributed by atoms with Crippen LogP contribution in [0.15, 0.2) is 33.8 Å². The Balaban J connectivity index is 1.75. The van der Waals surface area contributed by atoms with Gasteiger partial charge in [0, 0.05) is 17.3 Å². The van der Waals surface area contributed by atoms with Gasteiger partial charge in [-0.25, -0.2) is 18.1 Å². The van der Waals surface area contributed by atoms with Crippen LogP contribution in [0.3, 0.4) is 0 Å². The van der Waals surface area contributed by atoms with Crippen LogP contribution in [0.2, 0.25) is 0 Å². The summed E-state index contributed by atoms with van der Waals surface area (Å²) in [5, 5.41) is 3.80. The Morgan fingerprint density at radius 1 is 1.09 bits per heavy atom. The van der Waals surface area contributed by atoms with E-state index in [0.717, 1.165) is 22.3 Å². The van der Waals surface area contributed by atoms with E-state index in [1.807, 2.05) is 26.8 Å². The van der Waals surface area contributed by atoms with Crippen molar-refractivity contribution in [2.24, 2.45) is 0 Å². The fraction of sp³-hybridized carbons (Fsp3) is 0.333. The number of fused-ring (bicyclic) bond motifs is 1. The third kappa shape index (κ3) is 4.01. The first-order valence-corrected chi connectivity index (χ1v) is 11.7. The minimum Gasteiger partial charge on any atom is -0.366 e. The van der Waals surface area contributed by atoms with Crippen molar-refractivity contribution in [2.75, 3.05) is 4.72 Å². The molecule has 1 N–H and O–H groups in total. The first kappa shape index (κ1) is 22.1. The fourth-order valence-corrected chi connectivity index (χ4v) is 4.82. The molecule has 0 bridgehead atoms. The molecule has 1 aliphatic rings. The zero-order valence-corrected chi connectivity index (χ0v) is 19.8. The normalized spacial score (nSPS) is 14.6. The lowest BCUT2D eigenvalue weighted by molar-refractivity contribution is -0.00790. The van der Waals surface area contributed by atoms with Crippen molar-refractivity contribution in [1.82, 2.24) is 10.1 Å². The average Bonchev–Trinajstić information content (AvgIpc) is 3.19. The second kappa shape index (κ2) is 7.76. The minimum atomic E-state index is -3.99. The Morgan fingerprint density at radius 2 is 1.84 bits per heavy atom. The highest BCUT2D eigenvalue weighted by Gasteiger charge is 2.31. The topological polar surface area (TPSA) is 94.3 Å². The van der Waals surface area contributed by atoms with Crippen LogP contribution in [-0.4, -0.2) is 18.6 Å². The van der Waals surface area contributed by atoms with Gasteiger partial charge in [-0.3, -0.25) is 0 Å². The molecule has 1 aliphatic heterocycles. The van der Waals surface area contributed by atoms with Gasteiger partial charge in [0.25, 0.3) is 10.0 Å². The number of benzene rings is 1. The Hall–Kier alpha value is -3.15. The predicted octanol–water partition coefficient (Wildman–Crippen LogP) is 4.27. The Bertz CT molecular complexity index is 1390. The summed E-state index contributed by atoms with van der Waals surface area (Å²) in [5.41, 5.74) is 5.77. The molecule has 8 heteroatoms. The maximum Gasteiger partial charge on any atom is 0.267 e. The van der Waals surface area contributed by atoms with E-state index in [-0.39, 0.29) is 22.1 Å². The fourth-order valence-electron chi connectivity index (χ4n) is 3.57. The monoisotopic (exact) mass is 451 g/mol. The van der Waals surface area contributed by atoms with E-state index >= 15 is 0 Å². The molecular weight excluding hydrogens is 426 g/mol. The van der Waals surface area contributed by atoms with Crippen LogP contribution in [-0.2, 0) is 27.0 Å². The Morgan fingerprint density at radius 3 is 2.53 bits per heavy atom. The quantitative estimate of drug-likeness (QED) is 0.598. The molecule has 0 atom stereocenters. The van der Waals surface area contributed by atoms with Crippen LogP contribution in [0.1, 0.15) is 58.6 Å². The number of aryl methyl sites for hydroxylation is 3. The van der Waals surface area contributed by atoms with E-state index in [9.17, 15) is 8.42 Å². The van der Waals surface area contributed by atoms with Gasteiger partial charge in [0.05, 0.1) is 17.9 Å². The van der Waals surface area contributed by atoms with Crippen molar-refractivity contribution in [3.63, 3.8) is 0 Å². The number of pyridine rings is 1. The molecule has 3 heterocycles. The second-order valence-corrected chi connectivity index (χ2v) is 10.2. The molecule has 0 spiro atoms. The van der Waals surface area contributed by atoms with Gasteiger partial charge in [-0.1, -0.05) is 17.1 Å². The summed E-state index contributed by atoms with van der Waals surface area (Å²) in [5.74, 6) is 6.16. The number of sulfonamides is 1. The molecule has 4 rings (SSSR count). The summed E-state index contributed by atoms with van der Waals surface area (Å²) in [4.78, 5) is 4.28. The van der Waals surface area contributed by atoms with Gasteiger partial charge in [-0.15, -0.1) is 0 Å². The second-order valence-electron chi connectivity index (χ2n) is 8.56. The summed E-state index contributed by atoms with van der Waals surface area (Å²) < 4.78 is 39.7. The molecular formula is C24H25N3O4S. The van der Waals surface area contributed by atoms with E-state index in [4.69, 9.17) is 9.26 Å². The van der Waals surface area contributed by atoms with E-state index in [2.05, 4.69) is 32.8 Å². The third-order valence-electron chi connectivity index (χ3n) is 5.67. The first-order valence-electron chi connectivity index (χ1n) is 10.2. The number of aromatic nitrogens is 2. The lowest BCUT2D eigenvalue weighted by Gasteiger charge is -2.18. The maximum absolute atomic E-state index is 13.1. The van der Waals surface area contributed by atoms with E-state index in [1.54, 1.807) is 33.0 Å². The van der Waals surface area contributed by atoms with Crippen molar-refractivity contribution in [3.05, 3.63) is 69.2 Å². The largest absolute Gasteiger partial charge is 0.366 e. The zero-order valence-electron chi connectivity index (χ0n) is 19.0. The zero-order chi connectivity index (χ0) is 23.3. The smallest absolute Gasteiger partial charge is 0.267 e. The summed E-state index contributed by atoms with van der Waals surface area (Å²) in [6.45, 7) is 11.9. The molecule has 1 aromatic carbocycles. The molecule has 166 valence electrons. The number of nitrogens with zero attached hydrogens (tertiary/aromatic N) is 2. The number of hydrogen-bond acceptors (Lipinski definition) is 6. The van der Waals surface area contributed by atoms with Gasteiger partial charge < -0.3 is 9.26 Å². The lowest BCUT2D eigenvalue weighted by Crippen LogP contribution is -2.15. The van der Waals surface area contributed by atoms with Crippen molar-refractivity contribution in [1.29, 1.82) is 0 Å². The molecule has 0 saturated carbocycles. The van der Waals surface area contributed by atoms with Gasteiger partial charge in [0.1, 0.15) is 10.6 Å². The molecule has 2 aromatic heterocycles. The van der Waals surface area contributed by atoms with Crippen LogP contribution >= 0.6 is 0 Å². The van der Waals surface area contributed by atoms with Crippen LogP contribution in [0.25, 0.3) is 0 Å². The molecule has 0 unspecified atom stereocenters. The van der Waals surface area contributed by atoms with Crippen molar-refractivity contribution in [3.8, 4) is 11.8 Å². The lowest BCUT2D eigenvalue weighted by atomic mass is 9.92. The highest BCUT2D eigenvalue weighted by molar-refractivity contribution is 7.92. The van der Waals surface area contributed by atoms with Crippen LogP contribution in [0.4, 0.5) is 5.88 Å². The van der Waals surface area contributed by atoms with E-state index in [1.165, 1.54) is 0 Å². The van der Waals surface area contributed by atoms with Crippen molar-refractivity contribution in [2.45, 2.75) is 58.6 Å². The molecule has 0 fully saturated rings. The number of anilines is 1. The number of ether oxygens (including phenoxy) is 1. The number of rotatable bonds is 3.